The minimum Gasteiger partial charge on any atom is -0.389 e. The van der Waals surface area contributed by atoms with E-state index in [1.807, 2.05) is 6.92 Å². The Morgan fingerprint density at radius 3 is 2.89 bits per heavy atom. The number of ether oxygens (including phenoxy) is 1. The van der Waals surface area contributed by atoms with Crippen molar-refractivity contribution < 1.29 is 18.3 Å². The summed E-state index contributed by atoms with van der Waals surface area (Å²) in [5, 5.41) is 13.3. The molecule has 110 valence electrons. The van der Waals surface area contributed by atoms with Crippen molar-refractivity contribution in [2.45, 2.75) is 30.9 Å². The van der Waals surface area contributed by atoms with Gasteiger partial charge in [-0.15, -0.1) is 0 Å². The van der Waals surface area contributed by atoms with E-state index in [1.54, 1.807) is 0 Å². The van der Waals surface area contributed by atoms with Gasteiger partial charge in [-0.2, -0.15) is 5.10 Å². The topological polar surface area (TPSA) is 119 Å². The van der Waals surface area contributed by atoms with Gasteiger partial charge in [-0.1, -0.05) is 6.92 Å². The second kappa shape index (κ2) is 6.85. The number of aliphatic hydroxyl groups excluding tert-OH is 1. The molecule has 0 amide bonds. The van der Waals surface area contributed by atoms with Crippen LogP contribution in [-0.4, -0.2) is 49.7 Å². The van der Waals surface area contributed by atoms with E-state index in [0.717, 1.165) is 6.42 Å². The minimum absolute atomic E-state index is 0.0487. The summed E-state index contributed by atoms with van der Waals surface area (Å²) in [4.78, 5) is -0.0782. The van der Waals surface area contributed by atoms with Gasteiger partial charge in [0.1, 0.15) is 4.90 Å². The van der Waals surface area contributed by atoms with Crippen molar-refractivity contribution in [1.29, 1.82) is 0 Å². The summed E-state index contributed by atoms with van der Waals surface area (Å²) in [5.74, 6) is -0.0535. The van der Waals surface area contributed by atoms with E-state index in [2.05, 4.69) is 9.82 Å². The van der Waals surface area contributed by atoms with Crippen LogP contribution in [0.15, 0.2) is 11.1 Å². The maximum Gasteiger partial charge on any atom is 0.245 e. The maximum atomic E-state index is 12.0. The number of aliphatic hydroxyl groups is 1. The van der Waals surface area contributed by atoms with Crippen LogP contribution in [0, 0.1) is 0 Å². The lowest BCUT2D eigenvalue weighted by Gasteiger charge is -2.10. The second-order valence-corrected chi connectivity index (χ2v) is 5.84. The van der Waals surface area contributed by atoms with Gasteiger partial charge in [-0.25, -0.2) is 13.1 Å². The fourth-order valence-electron chi connectivity index (χ4n) is 1.50. The van der Waals surface area contributed by atoms with Gasteiger partial charge in [-0.05, 0) is 6.42 Å². The molecule has 8 nitrogen and oxygen atoms in total. The fraction of sp³-hybridized carbons (Fsp3) is 0.700. The molecule has 0 saturated carbocycles. The van der Waals surface area contributed by atoms with Gasteiger partial charge in [0.05, 0.1) is 12.7 Å². The number of nitrogens with zero attached hydrogens (tertiary/aromatic N) is 2. The molecule has 0 saturated heterocycles. The normalized spacial score (nSPS) is 13.6. The predicted molar refractivity (Wildman–Crippen MR) is 70.0 cm³/mol. The molecule has 0 bridgehead atoms. The first-order valence-electron chi connectivity index (χ1n) is 5.90. The van der Waals surface area contributed by atoms with Crippen LogP contribution in [0.5, 0.6) is 0 Å². The first-order chi connectivity index (χ1) is 8.90. The van der Waals surface area contributed by atoms with E-state index < -0.39 is 16.1 Å². The lowest BCUT2D eigenvalue weighted by molar-refractivity contribution is 0.0679. The molecule has 0 spiro atoms. The average molecular weight is 292 g/mol. The molecule has 0 aliphatic carbocycles. The number of methoxy groups -OCH3 is 1. The number of anilines is 1. The van der Waals surface area contributed by atoms with Crippen LogP contribution in [0.1, 0.15) is 13.3 Å². The van der Waals surface area contributed by atoms with E-state index in [0.29, 0.717) is 6.54 Å². The SMILES string of the molecule is CCCn1cc(S(=O)(=O)NCC(O)COC)c(N)n1. The third kappa shape index (κ3) is 4.46. The molecular weight excluding hydrogens is 272 g/mol. The smallest absolute Gasteiger partial charge is 0.245 e. The molecule has 1 atom stereocenters. The molecular formula is C10H20N4O4S. The lowest BCUT2D eigenvalue weighted by Crippen LogP contribution is -2.34. The summed E-state index contributed by atoms with van der Waals surface area (Å²) >= 11 is 0. The van der Waals surface area contributed by atoms with Gasteiger partial charge in [0.15, 0.2) is 5.82 Å². The molecule has 0 aliphatic heterocycles. The summed E-state index contributed by atoms with van der Waals surface area (Å²) in [5.41, 5.74) is 5.58. The summed E-state index contributed by atoms with van der Waals surface area (Å²) < 4.78 is 32.4. The molecule has 1 rings (SSSR count). The maximum absolute atomic E-state index is 12.0. The zero-order valence-electron chi connectivity index (χ0n) is 11.0. The van der Waals surface area contributed by atoms with E-state index in [4.69, 9.17) is 10.5 Å². The molecule has 19 heavy (non-hydrogen) atoms. The third-order valence-electron chi connectivity index (χ3n) is 2.37. The van der Waals surface area contributed by atoms with Crippen molar-refractivity contribution >= 4 is 15.8 Å². The van der Waals surface area contributed by atoms with E-state index in [-0.39, 0.29) is 23.9 Å². The molecule has 1 unspecified atom stereocenters. The second-order valence-electron chi connectivity index (χ2n) is 4.10. The Morgan fingerprint density at radius 2 is 2.32 bits per heavy atom. The summed E-state index contributed by atoms with van der Waals surface area (Å²) in [6.07, 6.45) is 1.29. The van der Waals surface area contributed by atoms with E-state index in [9.17, 15) is 13.5 Å². The highest BCUT2D eigenvalue weighted by Crippen LogP contribution is 2.16. The van der Waals surface area contributed by atoms with E-state index in [1.165, 1.54) is 18.0 Å². The van der Waals surface area contributed by atoms with E-state index >= 15 is 0 Å². The van der Waals surface area contributed by atoms with Crippen LogP contribution in [0.25, 0.3) is 0 Å². The quantitative estimate of drug-likeness (QED) is 0.575. The number of hydrogen-bond acceptors (Lipinski definition) is 6. The van der Waals surface area contributed by atoms with Gasteiger partial charge >= 0.3 is 0 Å². The van der Waals surface area contributed by atoms with Gasteiger partial charge in [0, 0.05) is 26.4 Å². The minimum atomic E-state index is -3.78. The molecule has 0 aromatic carbocycles. The number of hydrogen-bond donors (Lipinski definition) is 3. The van der Waals surface area contributed by atoms with Crippen molar-refractivity contribution in [1.82, 2.24) is 14.5 Å². The average Bonchev–Trinajstić information content (AvgIpc) is 2.70. The van der Waals surface area contributed by atoms with Gasteiger partial charge in [0.25, 0.3) is 0 Å². The number of sulfonamides is 1. The summed E-state index contributed by atoms with van der Waals surface area (Å²) in [6, 6.07) is 0. The van der Waals surface area contributed by atoms with Crippen LogP contribution in [0.2, 0.25) is 0 Å². The molecule has 0 fully saturated rings. The Morgan fingerprint density at radius 1 is 1.63 bits per heavy atom. The zero-order chi connectivity index (χ0) is 14.5. The Balaban J connectivity index is 2.76. The van der Waals surface area contributed by atoms with Crippen molar-refractivity contribution in [3.05, 3.63) is 6.20 Å². The number of aryl methyl sites for hydroxylation is 1. The third-order valence-corrected chi connectivity index (χ3v) is 3.81. The van der Waals surface area contributed by atoms with Crippen molar-refractivity contribution in [3.63, 3.8) is 0 Å². The summed E-state index contributed by atoms with van der Waals surface area (Å²) in [6.45, 7) is 2.44. The molecule has 1 aromatic rings. The van der Waals surface area contributed by atoms with Gasteiger partial charge in [-0.3, -0.25) is 4.68 Å². The van der Waals surface area contributed by atoms with Gasteiger partial charge in [0.2, 0.25) is 10.0 Å². The highest BCUT2D eigenvalue weighted by Gasteiger charge is 2.21. The molecule has 0 radical (unpaired) electrons. The fourth-order valence-corrected chi connectivity index (χ4v) is 2.65. The lowest BCUT2D eigenvalue weighted by atomic mass is 10.4. The largest absolute Gasteiger partial charge is 0.389 e. The number of aromatic nitrogens is 2. The number of nitrogens with one attached hydrogen (secondary N) is 1. The standard InChI is InChI=1S/C10H20N4O4S/c1-3-4-14-6-9(10(11)13-14)19(16,17)12-5-8(15)7-18-2/h6,8,12,15H,3-5,7H2,1-2H3,(H2,11,13). The summed E-state index contributed by atoms with van der Waals surface area (Å²) in [7, 11) is -2.35. The van der Waals surface area contributed by atoms with Crippen LogP contribution in [0.4, 0.5) is 5.82 Å². The first kappa shape index (κ1) is 15.9. The molecule has 9 heteroatoms. The highest BCUT2D eigenvalue weighted by molar-refractivity contribution is 7.89. The van der Waals surface area contributed by atoms with Crippen LogP contribution < -0.4 is 10.5 Å². The molecule has 1 aromatic heterocycles. The van der Waals surface area contributed by atoms with Crippen molar-refractivity contribution in [3.8, 4) is 0 Å². The highest BCUT2D eigenvalue weighted by atomic mass is 32.2. The van der Waals surface area contributed by atoms with Crippen molar-refractivity contribution in [2.75, 3.05) is 26.0 Å². The molecule has 0 aliphatic rings. The Kier molecular flexibility index (Phi) is 5.73. The monoisotopic (exact) mass is 292 g/mol. The number of rotatable bonds is 8. The van der Waals surface area contributed by atoms with Crippen LogP contribution in [-0.2, 0) is 21.3 Å². The number of nitrogens with two attached hydrogens (primary N) is 1. The Labute approximate surface area is 112 Å². The first-order valence-corrected chi connectivity index (χ1v) is 7.38. The Bertz CT molecular complexity index is 500. The molecule has 1 heterocycles. The Hall–Kier alpha value is -1.16. The molecule has 4 N–H and O–H groups in total. The van der Waals surface area contributed by atoms with Gasteiger partial charge < -0.3 is 15.6 Å². The predicted octanol–water partition coefficient (Wildman–Crippen LogP) is -0.839. The van der Waals surface area contributed by atoms with Crippen LogP contribution >= 0.6 is 0 Å². The van der Waals surface area contributed by atoms with Crippen molar-refractivity contribution in [2.24, 2.45) is 0 Å². The number of nitrogen functional groups attached to an aromatic ring is 1. The zero-order valence-corrected chi connectivity index (χ0v) is 11.9. The van der Waals surface area contributed by atoms with Crippen LogP contribution in [0.3, 0.4) is 0 Å².